The third-order valence-corrected chi connectivity index (χ3v) is 3.68. The maximum Gasteiger partial charge on any atom is 0.407 e. The van der Waals surface area contributed by atoms with Gasteiger partial charge in [-0.25, -0.2) is 4.79 Å². The first-order chi connectivity index (χ1) is 8.78. The van der Waals surface area contributed by atoms with Crippen LogP contribution in [0.4, 0.5) is 4.79 Å². The number of hydrogen-bond donors (Lipinski definition) is 2. The monoisotopic (exact) mass is 255 g/mol. The predicted molar refractivity (Wildman–Crippen MR) is 70.6 cm³/mol. The lowest BCUT2D eigenvalue weighted by atomic mass is 10.2. The molecule has 2 aliphatic rings. The van der Waals surface area contributed by atoms with Crippen molar-refractivity contribution in [1.29, 1.82) is 0 Å². The largest absolute Gasteiger partial charge is 0.443 e. The summed E-state index contributed by atoms with van der Waals surface area (Å²) in [5, 5.41) is 6.25. The van der Waals surface area contributed by atoms with Crippen LogP contribution in [-0.2, 0) is 4.74 Å². The normalized spacial score (nSPS) is 27.6. The minimum absolute atomic E-state index is 0.0239. The molecule has 2 N–H and O–H groups in total. The Balaban J connectivity index is 1.77. The van der Waals surface area contributed by atoms with Gasteiger partial charge in [-0.05, 0) is 32.4 Å². The van der Waals surface area contributed by atoms with Gasteiger partial charge in [-0.3, -0.25) is 4.90 Å². The van der Waals surface area contributed by atoms with Gasteiger partial charge >= 0.3 is 6.09 Å². The number of amides is 1. The zero-order valence-corrected chi connectivity index (χ0v) is 11.3. The van der Waals surface area contributed by atoms with Crippen LogP contribution in [0.15, 0.2) is 0 Å². The van der Waals surface area contributed by atoms with Gasteiger partial charge in [0.1, 0.15) is 6.10 Å². The lowest BCUT2D eigenvalue weighted by Gasteiger charge is -2.27. The summed E-state index contributed by atoms with van der Waals surface area (Å²) in [7, 11) is 0. The van der Waals surface area contributed by atoms with Crippen molar-refractivity contribution in [1.82, 2.24) is 15.5 Å². The second kappa shape index (κ2) is 6.95. The second-order valence-electron chi connectivity index (χ2n) is 5.31. The summed E-state index contributed by atoms with van der Waals surface area (Å²) in [5.41, 5.74) is 0. The highest BCUT2D eigenvalue weighted by molar-refractivity contribution is 5.69. The molecule has 0 bridgehead atoms. The van der Waals surface area contributed by atoms with E-state index >= 15 is 0 Å². The molecule has 2 heterocycles. The molecule has 0 aromatic carbocycles. The van der Waals surface area contributed by atoms with Gasteiger partial charge in [0.25, 0.3) is 0 Å². The standard InChI is InChI=1S/C13H25N3O2/c1-2-3-7-16(9-11-5-4-6-14-11)10-12-8-15-13(17)18-12/h11-12,14H,2-10H2,1H3,(H,15,17). The molecule has 5 heteroatoms. The lowest BCUT2D eigenvalue weighted by Crippen LogP contribution is -2.42. The van der Waals surface area contributed by atoms with Crippen molar-refractivity contribution in [2.75, 3.05) is 32.7 Å². The van der Waals surface area contributed by atoms with E-state index in [0.29, 0.717) is 12.6 Å². The van der Waals surface area contributed by atoms with Crippen LogP contribution in [0, 0.1) is 0 Å². The van der Waals surface area contributed by atoms with Gasteiger partial charge < -0.3 is 15.4 Å². The first kappa shape index (κ1) is 13.6. The van der Waals surface area contributed by atoms with E-state index in [1.54, 1.807) is 0 Å². The maximum absolute atomic E-state index is 11.0. The van der Waals surface area contributed by atoms with E-state index in [0.717, 1.165) is 26.2 Å². The molecule has 2 unspecified atom stereocenters. The van der Waals surface area contributed by atoms with Crippen molar-refractivity contribution in [2.45, 2.75) is 44.8 Å². The van der Waals surface area contributed by atoms with Crippen molar-refractivity contribution in [2.24, 2.45) is 0 Å². The van der Waals surface area contributed by atoms with Crippen molar-refractivity contribution < 1.29 is 9.53 Å². The molecule has 0 saturated carbocycles. The third-order valence-electron chi connectivity index (χ3n) is 3.68. The van der Waals surface area contributed by atoms with Gasteiger partial charge in [0.15, 0.2) is 0 Å². The Kier molecular flexibility index (Phi) is 5.26. The fourth-order valence-corrected chi connectivity index (χ4v) is 2.68. The third kappa shape index (κ3) is 4.14. The molecular weight excluding hydrogens is 230 g/mol. The molecular formula is C13H25N3O2. The van der Waals surface area contributed by atoms with Crippen LogP contribution >= 0.6 is 0 Å². The quantitative estimate of drug-likeness (QED) is 0.711. The molecule has 0 aromatic rings. The maximum atomic E-state index is 11.0. The second-order valence-corrected chi connectivity index (χ2v) is 5.31. The van der Waals surface area contributed by atoms with Gasteiger partial charge in [0, 0.05) is 19.1 Å². The molecule has 18 heavy (non-hydrogen) atoms. The van der Waals surface area contributed by atoms with E-state index in [4.69, 9.17) is 4.74 Å². The minimum Gasteiger partial charge on any atom is -0.443 e. The molecule has 2 aliphatic heterocycles. The van der Waals surface area contributed by atoms with Gasteiger partial charge in [-0.1, -0.05) is 13.3 Å². The van der Waals surface area contributed by atoms with Crippen LogP contribution in [0.5, 0.6) is 0 Å². The van der Waals surface area contributed by atoms with Gasteiger partial charge in [0.05, 0.1) is 6.54 Å². The van der Waals surface area contributed by atoms with E-state index in [1.165, 1.54) is 25.7 Å². The Labute approximate surface area is 109 Å². The smallest absolute Gasteiger partial charge is 0.407 e. The van der Waals surface area contributed by atoms with E-state index in [2.05, 4.69) is 22.5 Å². The molecule has 0 spiro atoms. The minimum atomic E-state index is -0.269. The summed E-state index contributed by atoms with van der Waals surface area (Å²) < 4.78 is 5.22. The first-order valence-electron chi connectivity index (χ1n) is 7.18. The first-order valence-corrected chi connectivity index (χ1v) is 7.18. The summed E-state index contributed by atoms with van der Waals surface area (Å²) in [6.07, 6.45) is 4.72. The number of rotatable bonds is 7. The summed E-state index contributed by atoms with van der Waals surface area (Å²) in [6.45, 7) is 7.04. The average molecular weight is 255 g/mol. The van der Waals surface area contributed by atoms with Crippen LogP contribution in [0.1, 0.15) is 32.6 Å². The molecule has 0 radical (unpaired) electrons. The van der Waals surface area contributed by atoms with Crippen molar-refractivity contribution in [3.63, 3.8) is 0 Å². The van der Waals surface area contributed by atoms with Crippen molar-refractivity contribution in [3.05, 3.63) is 0 Å². The van der Waals surface area contributed by atoms with Gasteiger partial charge in [-0.2, -0.15) is 0 Å². The molecule has 2 fully saturated rings. The molecule has 104 valence electrons. The number of carbonyl (C=O) groups is 1. The van der Waals surface area contributed by atoms with E-state index in [-0.39, 0.29) is 12.2 Å². The number of cyclic esters (lactones) is 1. The summed E-state index contributed by atoms with van der Waals surface area (Å²) in [6, 6.07) is 0.618. The Hall–Kier alpha value is -0.810. The fourth-order valence-electron chi connectivity index (χ4n) is 2.68. The zero-order chi connectivity index (χ0) is 12.8. The average Bonchev–Trinajstić information content (AvgIpc) is 2.98. The van der Waals surface area contributed by atoms with E-state index < -0.39 is 0 Å². The summed E-state index contributed by atoms with van der Waals surface area (Å²) in [4.78, 5) is 13.5. The number of nitrogens with zero attached hydrogens (tertiary/aromatic N) is 1. The number of alkyl carbamates (subject to hydrolysis) is 1. The molecule has 5 nitrogen and oxygen atoms in total. The van der Waals surface area contributed by atoms with E-state index in [9.17, 15) is 4.79 Å². The molecule has 2 atom stereocenters. The number of hydrogen-bond acceptors (Lipinski definition) is 4. The summed E-state index contributed by atoms with van der Waals surface area (Å²) >= 11 is 0. The van der Waals surface area contributed by atoms with Crippen LogP contribution in [0.2, 0.25) is 0 Å². The molecule has 0 aliphatic carbocycles. The lowest BCUT2D eigenvalue weighted by molar-refractivity contribution is 0.104. The van der Waals surface area contributed by atoms with Crippen LogP contribution in [0.25, 0.3) is 0 Å². The van der Waals surface area contributed by atoms with Crippen LogP contribution in [0.3, 0.4) is 0 Å². The SMILES string of the molecule is CCCCN(CC1CCCN1)CC1CNC(=O)O1. The van der Waals surface area contributed by atoms with E-state index in [1.807, 2.05) is 0 Å². The molecule has 2 saturated heterocycles. The highest BCUT2D eigenvalue weighted by atomic mass is 16.6. The number of ether oxygens (including phenoxy) is 1. The summed E-state index contributed by atoms with van der Waals surface area (Å²) in [5.74, 6) is 0. The van der Waals surface area contributed by atoms with Crippen molar-refractivity contribution in [3.8, 4) is 0 Å². The Morgan fingerprint density at radius 3 is 2.94 bits per heavy atom. The Morgan fingerprint density at radius 2 is 2.33 bits per heavy atom. The predicted octanol–water partition coefficient (Wildman–Crippen LogP) is 0.949. The van der Waals surface area contributed by atoms with Crippen LogP contribution < -0.4 is 10.6 Å². The van der Waals surface area contributed by atoms with Crippen molar-refractivity contribution >= 4 is 6.09 Å². The Morgan fingerprint density at radius 1 is 1.44 bits per heavy atom. The highest BCUT2D eigenvalue weighted by Gasteiger charge is 2.26. The molecule has 2 rings (SSSR count). The molecule has 1 amide bonds. The van der Waals surface area contributed by atoms with Gasteiger partial charge in [-0.15, -0.1) is 0 Å². The molecule has 0 aromatic heterocycles. The number of nitrogens with one attached hydrogen (secondary N) is 2. The number of unbranched alkanes of at least 4 members (excludes halogenated alkanes) is 1. The van der Waals surface area contributed by atoms with Crippen LogP contribution in [-0.4, -0.2) is 55.9 Å². The topological polar surface area (TPSA) is 53.6 Å². The van der Waals surface area contributed by atoms with Gasteiger partial charge in [0.2, 0.25) is 0 Å². The highest BCUT2D eigenvalue weighted by Crippen LogP contribution is 2.10. The number of carbonyl (C=O) groups excluding carboxylic acids is 1. The fraction of sp³-hybridized carbons (Fsp3) is 0.923. The zero-order valence-electron chi connectivity index (χ0n) is 11.3. The Bertz CT molecular complexity index is 267.